The van der Waals surface area contributed by atoms with Gasteiger partial charge in [0.25, 0.3) is 5.69 Å². The van der Waals surface area contributed by atoms with Gasteiger partial charge in [-0.3, -0.25) is 10.1 Å². The van der Waals surface area contributed by atoms with Crippen LogP contribution in [0.25, 0.3) is 17.7 Å². The number of nitrogens with zero attached hydrogens (tertiary/aromatic N) is 2. The predicted octanol–water partition coefficient (Wildman–Crippen LogP) is 7.03. The van der Waals surface area contributed by atoms with Gasteiger partial charge in [0.15, 0.2) is 0 Å². The number of non-ortho nitro benzene ring substituents is 1. The molecule has 3 aromatic carbocycles. The number of benzene rings is 3. The van der Waals surface area contributed by atoms with Crippen molar-refractivity contribution in [2.24, 2.45) is 0 Å². The Bertz CT molecular complexity index is 1170. The average Bonchev–Trinajstić information content (AvgIpc) is 3.02. The van der Waals surface area contributed by atoms with E-state index >= 15 is 0 Å². The average molecular weight is 473 g/mol. The fourth-order valence-electron chi connectivity index (χ4n) is 5.03. The van der Waals surface area contributed by atoms with Gasteiger partial charge in [-0.25, -0.2) is 0 Å². The molecule has 4 nitrogen and oxygen atoms in total. The van der Waals surface area contributed by atoms with Crippen molar-refractivity contribution < 1.29 is 4.92 Å². The minimum atomic E-state index is -0.343. The van der Waals surface area contributed by atoms with Crippen LogP contribution < -0.4 is 0 Å². The second-order valence-electron chi connectivity index (χ2n) is 8.86. The molecule has 0 N–H and O–H groups in total. The van der Waals surface area contributed by atoms with E-state index in [4.69, 9.17) is 0 Å². The number of aryl methyl sites for hydroxylation is 1. The van der Waals surface area contributed by atoms with Gasteiger partial charge in [-0.1, -0.05) is 78.4 Å². The third-order valence-electron chi connectivity index (χ3n) is 6.80. The number of nitro groups is 1. The lowest BCUT2D eigenvalue weighted by atomic mass is 9.86. The number of nitro benzene ring substituents is 1. The first-order valence-corrected chi connectivity index (χ1v) is 11.7. The molecule has 174 valence electrons. The molecule has 1 aliphatic heterocycles. The summed E-state index contributed by atoms with van der Waals surface area (Å²) in [5.74, 6) is 0. The van der Waals surface area contributed by atoms with Crippen LogP contribution >= 0.6 is 12.4 Å². The van der Waals surface area contributed by atoms with Gasteiger partial charge in [-0.05, 0) is 65.6 Å². The van der Waals surface area contributed by atoms with Gasteiger partial charge in [0.1, 0.15) is 0 Å². The van der Waals surface area contributed by atoms with Gasteiger partial charge in [0.2, 0.25) is 0 Å². The minimum Gasteiger partial charge on any atom is -0.303 e. The van der Waals surface area contributed by atoms with E-state index in [-0.39, 0.29) is 23.0 Å². The van der Waals surface area contributed by atoms with Crippen LogP contribution in [0, 0.1) is 10.1 Å². The van der Waals surface area contributed by atoms with Gasteiger partial charge in [-0.2, -0.15) is 0 Å². The molecule has 1 aliphatic carbocycles. The third-order valence-corrected chi connectivity index (χ3v) is 6.80. The minimum absolute atomic E-state index is 0. The van der Waals surface area contributed by atoms with Gasteiger partial charge >= 0.3 is 0 Å². The summed E-state index contributed by atoms with van der Waals surface area (Å²) in [4.78, 5) is 13.0. The predicted molar refractivity (Wildman–Crippen MR) is 142 cm³/mol. The first-order valence-electron chi connectivity index (χ1n) is 11.7. The second-order valence-corrected chi connectivity index (χ2v) is 8.86. The molecule has 5 rings (SSSR count). The van der Waals surface area contributed by atoms with Crippen molar-refractivity contribution in [3.05, 3.63) is 116 Å². The normalized spacial score (nSPS) is 15.2. The molecule has 2 aliphatic rings. The Balaban J connectivity index is 0.00000274. The molecule has 0 saturated carbocycles. The van der Waals surface area contributed by atoms with Gasteiger partial charge in [0, 0.05) is 25.2 Å². The molecular weight excluding hydrogens is 444 g/mol. The number of fused-ring (bicyclic) bond motifs is 2. The number of piperidine rings is 1. The first-order chi connectivity index (χ1) is 16.2. The van der Waals surface area contributed by atoms with Crippen molar-refractivity contribution in [1.29, 1.82) is 0 Å². The SMILES string of the molecule is Cl.O=[N+]([O-])c1ccc(CCCN2CCC(=C3c4ccccc4C=Cc4ccccc43)CC2)cc1. The van der Waals surface area contributed by atoms with Crippen molar-refractivity contribution in [2.45, 2.75) is 25.7 Å². The number of hydrogen-bond donors (Lipinski definition) is 0. The van der Waals surface area contributed by atoms with Crippen LogP contribution in [0.15, 0.2) is 78.4 Å². The molecule has 0 aromatic heterocycles. The van der Waals surface area contributed by atoms with E-state index in [9.17, 15) is 10.1 Å². The van der Waals surface area contributed by atoms with E-state index < -0.39 is 0 Å². The molecule has 0 atom stereocenters. The molecule has 1 fully saturated rings. The van der Waals surface area contributed by atoms with E-state index in [1.165, 1.54) is 33.4 Å². The lowest BCUT2D eigenvalue weighted by Crippen LogP contribution is -2.32. The first kappa shape index (κ1) is 23.9. The van der Waals surface area contributed by atoms with Crippen LogP contribution in [-0.2, 0) is 6.42 Å². The van der Waals surface area contributed by atoms with Crippen molar-refractivity contribution >= 4 is 35.8 Å². The summed E-state index contributed by atoms with van der Waals surface area (Å²) >= 11 is 0. The van der Waals surface area contributed by atoms with Crippen LogP contribution in [0.1, 0.15) is 47.1 Å². The molecule has 3 aromatic rings. The zero-order chi connectivity index (χ0) is 22.6. The lowest BCUT2D eigenvalue weighted by molar-refractivity contribution is -0.384. The Morgan fingerprint density at radius 3 is 1.91 bits per heavy atom. The summed E-state index contributed by atoms with van der Waals surface area (Å²) in [5.41, 5.74) is 9.60. The number of halogens is 1. The summed E-state index contributed by atoms with van der Waals surface area (Å²) < 4.78 is 0. The highest BCUT2D eigenvalue weighted by atomic mass is 35.5. The standard InChI is InChI=1S/C29H28N2O2.ClH/c32-31(33)26-15-11-22(12-16-26)6-5-19-30-20-17-25(18-21-30)29-27-9-3-1-7-23(27)13-14-24-8-2-4-10-28(24)29;/h1-4,7-16H,5-6,17-21H2;1H. The molecule has 0 spiro atoms. The summed E-state index contributed by atoms with van der Waals surface area (Å²) in [6.45, 7) is 3.22. The van der Waals surface area contributed by atoms with E-state index in [1.54, 1.807) is 17.7 Å². The topological polar surface area (TPSA) is 46.4 Å². The molecule has 1 saturated heterocycles. The number of hydrogen-bond acceptors (Lipinski definition) is 3. The van der Waals surface area contributed by atoms with E-state index in [0.717, 1.165) is 45.3 Å². The van der Waals surface area contributed by atoms with E-state index in [1.807, 2.05) is 12.1 Å². The van der Waals surface area contributed by atoms with Crippen LogP contribution in [0.2, 0.25) is 0 Å². The molecule has 0 amide bonds. The molecule has 5 heteroatoms. The third kappa shape index (κ3) is 5.14. The van der Waals surface area contributed by atoms with Gasteiger partial charge < -0.3 is 4.90 Å². The summed E-state index contributed by atoms with van der Waals surface area (Å²) in [7, 11) is 0. The monoisotopic (exact) mass is 472 g/mol. The Kier molecular flexibility index (Phi) is 7.61. The zero-order valence-electron chi connectivity index (χ0n) is 19.2. The number of likely N-dealkylation sites (tertiary alicyclic amines) is 1. The van der Waals surface area contributed by atoms with Gasteiger partial charge in [-0.15, -0.1) is 12.4 Å². The Labute approximate surface area is 207 Å². The highest BCUT2D eigenvalue weighted by molar-refractivity contribution is 5.94. The van der Waals surface area contributed by atoms with Crippen molar-refractivity contribution in [2.75, 3.05) is 19.6 Å². The summed E-state index contributed by atoms with van der Waals surface area (Å²) in [6.07, 6.45) is 8.70. The van der Waals surface area contributed by atoms with Crippen molar-refractivity contribution in [3.63, 3.8) is 0 Å². The maximum absolute atomic E-state index is 10.8. The van der Waals surface area contributed by atoms with Crippen LogP contribution in [0.3, 0.4) is 0 Å². The molecule has 1 heterocycles. The van der Waals surface area contributed by atoms with E-state index in [0.29, 0.717) is 0 Å². The van der Waals surface area contributed by atoms with Gasteiger partial charge in [0.05, 0.1) is 4.92 Å². The van der Waals surface area contributed by atoms with Crippen LogP contribution in [-0.4, -0.2) is 29.5 Å². The number of rotatable bonds is 5. The Hall–Kier alpha value is -3.21. The highest BCUT2D eigenvalue weighted by Crippen LogP contribution is 2.38. The van der Waals surface area contributed by atoms with Crippen molar-refractivity contribution in [3.8, 4) is 0 Å². The van der Waals surface area contributed by atoms with Crippen LogP contribution in [0.5, 0.6) is 0 Å². The summed E-state index contributed by atoms with van der Waals surface area (Å²) in [5, 5.41) is 10.8. The van der Waals surface area contributed by atoms with Crippen LogP contribution in [0.4, 0.5) is 5.69 Å². The van der Waals surface area contributed by atoms with Crippen molar-refractivity contribution in [1.82, 2.24) is 4.90 Å². The largest absolute Gasteiger partial charge is 0.303 e. The summed E-state index contributed by atoms with van der Waals surface area (Å²) in [6, 6.07) is 24.5. The maximum Gasteiger partial charge on any atom is 0.269 e. The lowest BCUT2D eigenvalue weighted by Gasteiger charge is -2.30. The quantitative estimate of drug-likeness (QED) is 0.231. The fourth-order valence-corrected chi connectivity index (χ4v) is 5.03. The fraction of sp³-hybridized carbons (Fsp3) is 0.241. The molecule has 34 heavy (non-hydrogen) atoms. The zero-order valence-corrected chi connectivity index (χ0v) is 20.0. The highest BCUT2D eigenvalue weighted by Gasteiger charge is 2.22. The Morgan fingerprint density at radius 1 is 0.794 bits per heavy atom. The van der Waals surface area contributed by atoms with E-state index in [2.05, 4.69) is 65.6 Å². The molecule has 0 unspecified atom stereocenters. The Morgan fingerprint density at radius 2 is 1.35 bits per heavy atom. The second kappa shape index (κ2) is 10.8. The maximum atomic E-state index is 10.8. The molecule has 0 bridgehead atoms. The molecule has 0 radical (unpaired) electrons. The molecular formula is C29H29ClN2O2. The smallest absolute Gasteiger partial charge is 0.269 e.